The topological polar surface area (TPSA) is 88.3 Å². The molecule has 98 valence electrons. The van der Waals surface area contributed by atoms with Crippen LogP contribution in [0.15, 0.2) is 0 Å². The van der Waals surface area contributed by atoms with E-state index in [1.165, 1.54) is 4.90 Å². The SMILES string of the molecule is NOC[C@H]1C[C@H](N2CCOCC2)CN1C(=O)O. The van der Waals surface area contributed by atoms with Crippen molar-refractivity contribution in [3.05, 3.63) is 0 Å². The second kappa shape index (κ2) is 5.63. The molecule has 1 amide bonds. The summed E-state index contributed by atoms with van der Waals surface area (Å²) in [5.41, 5.74) is 0. The van der Waals surface area contributed by atoms with Gasteiger partial charge in [-0.2, -0.15) is 0 Å². The van der Waals surface area contributed by atoms with Gasteiger partial charge in [-0.15, -0.1) is 0 Å². The van der Waals surface area contributed by atoms with Crippen molar-refractivity contribution in [3.63, 3.8) is 0 Å². The zero-order valence-corrected chi connectivity index (χ0v) is 9.75. The molecule has 17 heavy (non-hydrogen) atoms. The summed E-state index contributed by atoms with van der Waals surface area (Å²) >= 11 is 0. The minimum atomic E-state index is -0.900. The van der Waals surface area contributed by atoms with Crippen LogP contribution in [-0.2, 0) is 9.57 Å². The van der Waals surface area contributed by atoms with Crippen LogP contribution < -0.4 is 5.90 Å². The molecule has 7 heteroatoms. The second-order valence-electron chi connectivity index (χ2n) is 4.46. The van der Waals surface area contributed by atoms with E-state index >= 15 is 0 Å². The van der Waals surface area contributed by atoms with E-state index in [-0.39, 0.29) is 18.7 Å². The summed E-state index contributed by atoms with van der Waals surface area (Å²) in [6.45, 7) is 3.97. The number of hydrogen-bond donors (Lipinski definition) is 2. The Bertz CT molecular complexity index is 270. The summed E-state index contributed by atoms with van der Waals surface area (Å²) in [5, 5.41) is 9.11. The van der Waals surface area contributed by atoms with E-state index in [0.717, 1.165) is 32.7 Å². The minimum absolute atomic E-state index is 0.134. The molecule has 2 saturated heterocycles. The van der Waals surface area contributed by atoms with Crippen molar-refractivity contribution in [2.45, 2.75) is 18.5 Å². The van der Waals surface area contributed by atoms with Crippen LogP contribution in [0.1, 0.15) is 6.42 Å². The van der Waals surface area contributed by atoms with Gasteiger partial charge in [0.1, 0.15) is 0 Å². The predicted molar refractivity (Wildman–Crippen MR) is 59.5 cm³/mol. The van der Waals surface area contributed by atoms with Crippen LogP contribution in [0.3, 0.4) is 0 Å². The molecule has 2 atom stereocenters. The van der Waals surface area contributed by atoms with Crippen molar-refractivity contribution in [2.24, 2.45) is 5.90 Å². The lowest BCUT2D eigenvalue weighted by atomic mass is 10.1. The van der Waals surface area contributed by atoms with Crippen LogP contribution in [0.25, 0.3) is 0 Å². The molecule has 2 aliphatic heterocycles. The van der Waals surface area contributed by atoms with Crippen LogP contribution >= 0.6 is 0 Å². The van der Waals surface area contributed by atoms with Crippen LogP contribution in [0.2, 0.25) is 0 Å². The molecule has 0 aliphatic carbocycles. The van der Waals surface area contributed by atoms with Gasteiger partial charge in [0.15, 0.2) is 0 Å². The number of likely N-dealkylation sites (tertiary alicyclic amines) is 1. The quantitative estimate of drug-likeness (QED) is 0.641. The van der Waals surface area contributed by atoms with Crippen LogP contribution in [-0.4, -0.2) is 72.5 Å². The molecule has 7 nitrogen and oxygen atoms in total. The van der Waals surface area contributed by atoms with Gasteiger partial charge in [0.2, 0.25) is 0 Å². The summed E-state index contributed by atoms with van der Waals surface area (Å²) in [7, 11) is 0. The molecule has 0 unspecified atom stereocenters. The van der Waals surface area contributed by atoms with Crippen molar-refractivity contribution in [3.8, 4) is 0 Å². The van der Waals surface area contributed by atoms with Crippen molar-refractivity contribution in [1.29, 1.82) is 0 Å². The van der Waals surface area contributed by atoms with Gasteiger partial charge >= 0.3 is 6.09 Å². The molecule has 2 heterocycles. The molecular formula is C10H19N3O4. The average Bonchev–Trinajstić information content (AvgIpc) is 2.75. The Kier molecular flexibility index (Phi) is 4.16. The lowest BCUT2D eigenvalue weighted by Gasteiger charge is -2.31. The van der Waals surface area contributed by atoms with Gasteiger partial charge in [0.05, 0.1) is 25.9 Å². The third-order valence-corrected chi connectivity index (χ3v) is 3.49. The van der Waals surface area contributed by atoms with Gasteiger partial charge < -0.3 is 19.6 Å². The maximum Gasteiger partial charge on any atom is 0.407 e. The van der Waals surface area contributed by atoms with Crippen LogP contribution in [0.5, 0.6) is 0 Å². The van der Waals surface area contributed by atoms with Crippen LogP contribution in [0.4, 0.5) is 4.79 Å². The van der Waals surface area contributed by atoms with E-state index in [1.54, 1.807) is 0 Å². The Labute approximate surface area is 100 Å². The van der Waals surface area contributed by atoms with Crippen molar-refractivity contribution < 1.29 is 19.5 Å². The highest BCUT2D eigenvalue weighted by atomic mass is 16.6. The maximum absolute atomic E-state index is 11.1. The fourth-order valence-corrected chi connectivity index (χ4v) is 2.60. The van der Waals surface area contributed by atoms with Crippen molar-refractivity contribution in [2.75, 3.05) is 39.5 Å². The number of nitrogens with two attached hydrogens (primary N) is 1. The molecule has 0 bridgehead atoms. The molecule has 0 aromatic carbocycles. The number of carboxylic acid groups (broad SMARTS) is 1. The van der Waals surface area contributed by atoms with Gasteiger partial charge in [-0.05, 0) is 6.42 Å². The molecule has 0 saturated carbocycles. The number of hydrogen-bond acceptors (Lipinski definition) is 5. The summed E-state index contributed by atoms with van der Waals surface area (Å²) in [6.07, 6.45) is -0.119. The Morgan fingerprint density at radius 3 is 2.76 bits per heavy atom. The number of rotatable bonds is 3. The Hall–Kier alpha value is -0.890. The van der Waals surface area contributed by atoms with E-state index in [2.05, 4.69) is 9.74 Å². The average molecular weight is 245 g/mol. The van der Waals surface area contributed by atoms with Crippen molar-refractivity contribution >= 4 is 6.09 Å². The van der Waals surface area contributed by atoms with E-state index in [9.17, 15) is 4.79 Å². The number of morpholine rings is 1. The highest BCUT2D eigenvalue weighted by Crippen LogP contribution is 2.23. The molecule has 3 N–H and O–H groups in total. The molecule has 2 fully saturated rings. The fraction of sp³-hybridized carbons (Fsp3) is 0.900. The lowest BCUT2D eigenvalue weighted by Crippen LogP contribution is -2.45. The predicted octanol–water partition coefficient (Wildman–Crippen LogP) is -0.670. The van der Waals surface area contributed by atoms with E-state index in [0.29, 0.717) is 6.54 Å². The largest absolute Gasteiger partial charge is 0.465 e. The molecule has 2 aliphatic rings. The third-order valence-electron chi connectivity index (χ3n) is 3.49. The number of carbonyl (C=O) groups is 1. The highest BCUT2D eigenvalue weighted by molar-refractivity contribution is 5.66. The summed E-state index contributed by atoms with van der Waals surface area (Å²) in [5.74, 6) is 5.04. The number of nitrogens with zero attached hydrogens (tertiary/aromatic N) is 2. The minimum Gasteiger partial charge on any atom is -0.465 e. The molecule has 0 radical (unpaired) electrons. The Balaban J connectivity index is 1.95. The van der Waals surface area contributed by atoms with E-state index < -0.39 is 6.09 Å². The molecule has 0 spiro atoms. The normalized spacial score (nSPS) is 30.8. The zero-order valence-electron chi connectivity index (χ0n) is 9.75. The van der Waals surface area contributed by atoms with Gasteiger partial charge in [-0.25, -0.2) is 10.7 Å². The molecular weight excluding hydrogens is 226 g/mol. The second-order valence-corrected chi connectivity index (χ2v) is 4.46. The highest BCUT2D eigenvalue weighted by Gasteiger charge is 2.38. The van der Waals surface area contributed by atoms with Gasteiger partial charge in [-0.3, -0.25) is 4.90 Å². The van der Waals surface area contributed by atoms with Crippen LogP contribution in [0, 0.1) is 0 Å². The zero-order chi connectivity index (χ0) is 12.3. The third kappa shape index (κ3) is 2.86. The Morgan fingerprint density at radius 1 is 1.47 bits per heavy atom. The number of amides is 1. The number of ether oxygens (including phenoxy) is 1. The maximum atomic E-state index is 11.1. The molecule has 0 aromatic rings. The lowest BCUT2D eigenvalue weighted by molar-refractivity contribution is 0.0185. The summed E-state index contributed by atoms with van der Waals surface area (Å²) < 4.78 is 5.29. The molecule has 0 aromatic heterocycles. The first-order chi connectivity index (χ1) is 8.22. The summed E-state index contributed by atoms with van der Waals surface area (Å²) in [6, 6.07) is 0.125. The van der Waals surface area contributed by atoms with Gasteiger partial charge in [-0.1, -0.05) is 0 Å². The van der Waals surface area contributed by atoms with Gasteiger partial charge in [0, 0.05) is 25.7 Å². The Morgan fingerprint density at radius 2 is 2.18 bits per heavy atom. The fourth-order valence-electron chi connectivity index (χ4n) is 2.60. The monoisotopic (exact) mass is 245 g/mol. The summed E-state index contributed by atoms with van der Waals surface area (Å²) in [4.78, 5) is 19.4. The van der Waals surface area contributed by atoms with Crippen molar-refractivity contribution in [1.82, 2.24) is 9.80 Å². The first-order valence-corrected chi connectivity index (χ1v) is 5.85. The van der Waals surface area contributed by atoms with Gasteiger partial charge in [0.25, 0.3) is 0 Å². The first-order valence-electron chi connectivity index (χ1n) is 5.85. The molecule has 2 rings (SSSR count). The standard InChI is InChI=1S/C10H19N3O4/c11-17-7-9-5-8(6-13(9)10(14)15)12-1-3-16-4-2-12/h8-9H,1-7,11H2,(H,14,15)/t8-,9+/m0/s1. The smallest absolute Gasteiger partial charge is 0.407 e. The first kappa shape index (κ1) is 12.6. The van der Waals surface area contributed by atoms with E-state index in [1.807, 2.05) is 0 Å². The van der Waals surface area contributed by atoms with E-state index in [4.69, 9.17) is 15.7 Å².